The van der Waals surface area contributed by atoms with Crippen LogP contribution in [0.3, 0.4) is 0 Å². The van der Waals surface area contributed by atoms with Gasteiger partial charge in [-0.2, -0.15) is 0 Å². The third-order valence-corrected chi connectivity index (χ3v) is 4.03. The molecule has 0 fully saturated rings. The maximum atomic E-state index is 13.5. The highest BCUT2D eigenvalue weighted by molar-refractivity contribution is 7.89. The second-order valence-corrected chi connectivity index (χ2v) is 6.23. The van der Waals surface area contributed by atoms with Crippen LogP contribution < -0.4 is 9.88 Å². The molecule has 9 heteroatoms. The van der Waals surface area contributed by atoms with Crippen LogP contribution >= 0.6 is 0 Å². The summed E-state index contributed by atoms with van der Waals surface area (Å²) >= 11 is 0. The zero-order valence-electron chi connectivity index (χ0n) is 12.5. The molecular weight excluding hydrogens is 344 g/mol. The molecule has 0 unspecified atom stereocenters. The number of carbonyl (C=O) groups excluding carboxylic acids is 1. The van der Waals surface area contributed by atoms with Crippen molar-refractivity contribution in [3.63, 3.8) is 0 Å². The van der Waals surface area contributed by atoms with E-state index in [0.717, 1.165) is 12.1 Å². The van der Waals surface area contributed by atoms with E-state index < -0.39 is 39.1 Å². The van der Waals surface area contributed by atoms with Crippen molar-refractivity contribution in [3.8, 4) is 5.75 Å². The second-order valence-electron chi connectivity index (χ2n) is 4.70. The van der Waals surface area contributed by atoms with Crippen molar-refractivity contribution < 1.29 is 31.5 Å². The average Bonchev–Trinajstić information content (AvgIpc) is 2.54. The van der Waals surface area contributed by atoms with Crippen molar-refractivity contribution in [1.82, 2.24) is 0 Å². The zero-order chi connectivity index (χ0) is 17.9. The summed E-state index contributed by atoms with van der Waals surface area (Å²) in [5, 5.41) is 5.05. The number of ether oxygens (including phenoxy) is 2. The number of nitrogens with two attached hydrogens (primary N) is 1. The van der Waals surface area contributed by atoms with Crippen LogP contribution in [0.2, 0.25) is 0 Å². The first-order valence-corrected chi connectivity index (χ1v) is 8.09. The molecule has 0 aliphatic rings. The third kappa shape index (κ3) is 3.87. The van der Waals surface area contributed by atoms with Gasteiger partial charge in [0.25, 0.3) is 0 Å². The third-order valence-electron chi connectivity index (χ3n) is 3.10. The molecule has 0 amide bonds. The van der Waals surface area contributed by atoms with Gasteiger partial charge in [-0.3, -0.25) is 0 Å². The molecule has 0 saturated heterocycles. The summed E-state index contributed by atoms with van der Waals surface area (Å²) < 4.78 is 59.3. The maximum Gasteiger partial charge on any atom is 0.338 e. The van der Waals surface area contributed by atoms with Crippen LogP contribution in [0.25, 0.3) is 0 Å². The minimum Gasteiger partial charge on any atom is -0.495 e. The van der Waals surface area contributed by atoms with Gasteiger partial charge in [0, 0.05) is 5.56 Å². The molecule has 0 aliphatic heterocycles. The van der Waals surface area contributed by atoms with Gasteiger partial charge in [-0.05, 0) is 24.3 Å². The maximum absolute atomic E-state index is 13.5. The van der Waals surface area contributed by atoms with Crippen molar-refractivity contribution in [2.24, 2.45) is 5.14 Å². The number of carbonyl (C=O) groups is 1. The minimum absolute atomic E-state index is 0.0368. The Labute approximate surface area is 136 Å². The van der Waals surface area contributed by atoms with Gasteiger partial charge in [-0.25, -0.2) is 27.1 Å². The summed E-state index contributed by atoms with van der Waals surface area (Å²) in [5.74, 6) is -3.15. The van der Waals surface area contributed by atoms with Gasteiger partial charge in [-0.1, -0.05) is 12.1 Å². The summed E-state index contributed by atoms with van der Waals surface area (Å²) in [6.07, 6.45) is 0. The first kappa shape index (κ1) is 17.8. The quantitative estimate of drug-likeness (QED) is 0.826. The molecule has 2 aromatic carbocycles. The molecular formula is C15H13F2NO5S. The van der Waals surface area contributed by atoms with E-state index >= 15 is 0 Å². The number of benzene rings is 2. The Hall–Kier alpha value is -2.52. The second kappa shape index (κ2) is 6.93. The smallest absolute Gasteiger partial charge is 0.338 e. The largest absolute Gasteiger partial charge is 0.495 e. The van der Waals surface area contributed by atoms with E-state index in [4.69, 9.17) is 14.6 Å². The number of primary sulfonamides is 1. The summed E-state index contributed by atoms with van der Waals surface area (Å²) in [6, 6.07) is 6.95. The predicted octanol–water partition coefficient (Wildman–Crippen LogP) is 1.98. The van der Waals surface area contributed by atoms with Crippen LogP contribution in [0.5, 0.6) is 5.75 Å². The van der Waals surface area contributed by atoms with Crippen LogP contribution in [0.1, 0.15) is 15.9 Å². The molecule has 0 aliphatic carbocycles. The first-order valence-electron chi connectivity index (χ1n) is 6.55. The molecule has 0 heterocycles. The SMILES string of the molecule is COc1ccc(C(=O)OCc2cccc(F)c2F)cc1S(N)(=O)=O. The lowest BCUT2D eigenvalue weighted by Crippen LogP contribution is -2.15. The number of rotatable bonds is 5. The molecule has 0 saturated carbocycles. The Bertz CT molecular complexity index is 883. The minimum atomic E-state index is -4.12. The highest BCUT2D eigenvalue weighted by atomic mass is 32.2. The first-order chi connectivity index (χ1) is 11.2. The Balaban J connectivity index is 2.23. The zero-order valence-corrected chi connectivity index (χ0v) is 13.3. The van der Waals surface area contributed by atoms with Crippen molar-refractivity contribution in [3.05, 3.63) is 59.2 Å². The lowest BCUT2D eigenvalue weighted by molar-refractivity contribution is 0.0467. The molecule has 0 radical (unpaired) electrons. The average molecular weight is 357 g/mol. The van der Waals surface area contributed by atoms with Crippen molar-refractivity contribution in [2.45, 2.75) is 11.5 Å². The summed E-state index contributed by atoms with van der Waals surface area (Å²) in [5.41, 5.74) is -0.278. The highest BCUT2D eigenvalue weighted by Gasteiger charge is 2.19. The summed E-state index contributed by atoms with van der Waals surface area (Å²) in [7, 11) is -2.88. The van der Waals surface area contributed by atoms with E-state index in [1.54, 1.807) is 0 Å². The number of halogens is 2. The number of sulfonamides is 1. The van der Waals surface area contributed by atoms with Gasteiger partial charge in [0.05, 0.1) is 12.7 Å². The fraction of sp³-hybridized carbons (Fsp3) is 0.133. The van der Waals surface area contributed by atoms with Gasteiger partial charge in [0.1, 0.15) is 17.3 Å². The lowest BCUT2D eigenvalue weighted by Gasteiger charge is -2.10. The molecule has 2 N–H and O–H groups in total. The van der Waals surface area contributed by atoms with E-state index in [-0.39, 0.29) is 16.9 Å². The monoisotopic (exact) mass is 357 g/mol. The Morgan fingerprint density at radius 1 is 1.21 bits per heavy atom. The van der Waals surface area contributed by atoms with Gasteiger partial charge in [-0.15, -0.1) is 0 Å². The fourth-order valence-corrected chi connectivity index (χ4v) is 2.64. The van der Waals surface area contributed by atoms with E-state index in [1.807, 2.05) is 0 Å². The molecule has 0 aromatic heterocycles. The Morgan fingerprint density at radius 3 is 2.54 bits per heavy atom. The van der Waals surface area contributed by atoms with Gasteiger partial charge < -0.3 is 9.47 Å². The molecule has 2 rings (SSSR count). The van der Waals surface area contributed by atoms with Crippen molar-refractivity contribution >= 4 is 16.0 Å². The van der Waals surface area contributed by atoms with Crippen LogP contribution in [0.4, 0.5) is 8.78 Å². The standard InChI is InChI=1S/C15H13F2NO5S/c1-22-12-6-5-9(7-13(12)24(18,20)21)15(19)23-8-10-3-2-4-11(16)14(10)17/h2-7H,8H2,1H3,(H2,18,20,21). The number of methoxy groups -OCH3 is 1. The van der Waals surface area contributed by atoms with Crippen LogP contribution in [-0.4, -0.2) is 21.5 Å². The normalized spacial score (nSPS) is 11.2. The van der Waals surface area contributed by atoms with Crippen molar-refractivity contribution in [2.75, 3.05) is 7.11 Å². The van der Waals surface area contributed by atoms with E-state index in [0.29, 0.717) is 0 Å². The molecule has 0 atom stereocenters. The van der Waals surface area contributed by atoms with Gasteiger partial charge in [0.2, 0.25) is 10.0 Å². The molecule has 0 spiro atoms. The van der Waals surface area contributed by atoms with Crippen molar-refractivity contribution in [1.29, 1.82) is 0 Å². The lowest BCUT2D eigenvalue weighted by atomic mass is 10.2. The Morgan fingerprint density at radius 2 is 1.92 bits per heavy atom. The summed E-state index contributed by atoms with van der Waals surface area (Å²) in [4.78, 5) is 11.6. The van der Waals surface area contributed by atoms with Crippen LogP contribution in [-0.2, 0) is 21.4 Å². The number of hydrogen-bond acceptors (Lipinski definition) is 5. The topological polar surface area (TPSA) is 95.7 Å². The summed E-state index contributed by atoms with van der Waals surface area (Å²) in [6.45, 7) is -0.515. The predicted molar refractivity (Wildman–Crippen MR) is 79.8 cm³/mol. The Kier molecular flexibility index (Phi) is 5.15. The molecule has 128 valence electrons. The van der Waals surface area contributed by atoms with E-state index in [9.17, 15) is 22.0 Å². The van der Waals surface area contributed by atoms with Gasteiger partial charge >= 0.3 is 5.97 Å². The van der Waals surface area contributed by atoms with Crippen LogP contribution in [0.15, 0.2) is 41.3 Å². The molecule has 24 heavy (non-hydrogen) atoms. The number of esters is 1. The molecule has 6 nitrogen and oxygen atoms in total. The molecule has 0 bridgehead atoms. The molecule has 2 aromatic rings. The highest BCUT2D eigenvalue weighted by Crippen LogP contribution is 2.24. The van der Waals surface area contributed by atoms with Crippen LogP contribution in [0, 0.1) is 11.6 Å². The fourth-order valence-electron chi connectivity index (χ4n) is 1.91. The van der Waals surface area contributed by atoms with E-state index in [1.165, 1.54) is 31.4 Å². The van der Waals surface area contributed by atoms with Gasteiger partial charge in [0.15, 0.2) is 11.6 Å². The van der Waals surface area contributed by atoms with E-state index in [2.05, 4.69) is 0 Å². The number of hydrogen-bond donors (Lipinski definition) is 1.